The zero-order chi connectivity index (χ0) is 15.6. The van der Waals surface area contributed by atoms with E-state index in [1.54, 1.807) is 19.1 Å². The smallest absolute Gasteiger partial charge is 0.227 e. The van der Waals surface area contributed by atoms with Gasteiger partial charge in [0.15, 0.2) is 5.76 Å². The Hall–Kier alpha value is -2.76. The SMILES string of the molecule is Cc1cc(=O)c(O)c(C(CC(N)=O)c2cccc(O)c2)o1. The average molecular weight is 289 g/mol. The third-order valence-electron chi connectivity index (χ3n) is 3.07. The second kappa shape index (κ2) is 5.70. The van der Waals surface area contributed by atoms with E-state index in [0.29, 0.717) is 11.3 Å². The molecule has 0 saturated carbocycles. The number of rotatable bonds is 4. The summed E-state index contributed by atoms with van der Waals surface area (Å²) in [6, 6.07) is 7.29. The molecule has 0 bridgehead atoms. The van der Waals surface area contributed by atoms with E-state index in [9.17, 15) is 19.8 Å². The number of aryl methyl sites for hydroxylation is 1. The van der Waals surface area contributed by atoms with Crippen LogP contribution in [0.4, 0.5) is 0 Å². The van der Waals surface area contributed by atoms with Crippen molar-refractivity contribution in [2.45, 2.75) is 19.3 Å². The van der Waals surface area contributed by atoms with E-state index in [1.165, 1.54) is 12.1 Å². The fraction of sp³-hybridized carbons (Fsp3) is 0.200. The molecular weight excluding hydrogens is 274 g/mol. The predicted octanol–water partition coefficient (Wildman–Crippen LogP) is 1.37. The number of carbonyl (C=O) groups is 1. The number of amides is 1. The van der Waals surface area contributed by atoms with Crippen LogP contribution in [0.15, 0.2) is 39.5 Å². The van der Waals surface area contributed by atoms with Gasteiger partial charge in [-0.15, -0.1) is 0 Å². The van der Waals surface area contributed by atoms with Crippen LogP contribution < -0.4 is 11.2 Å². The maximum absolute atomic E-state index is 11.7. The number of phenolic OH excluding ortho intramolecular Hbond substituents is 1. The van der Waals surface area contributed by atoms with Crippen LogP contribution in [-0.2, 0) is 4.79 Å². The van der Waals surface area contributed by atoms with Crippen LogP contribution in [-0.4, -0.2) is 16.1 Å². The fourth-order valence-electron chi connectivity index (χ4n) is 2.17. The summed E-state index contributed by atoms with van der Waals surface area (Å²) < 4.78 is 5.41. The first kappa shape index (κ1) is 14.6. The van der Waals surface area contributed by atoms with Crippen LogP contribution >= 0.6 is 0 Å². The van der Waals surface area contributed by atoms with Crippen molar-refractivity contribution in [3.05, 3.63) is 57.6 Å². The highest BCUT2D eigenvalue weighted by Gasteiger charge is 2.25. The lowest BCUT2D eigenvalue weighted by molar-refractivity contribution is -0.118. The molecule has 21 heavy (non-hydrogen) atoms. The number of phenols is 1. The molecule has 0 aliphatic heterocycles. The largest absolute Gasteiger partial charge is 0.508 e. The van der Waals surface area contributed by atoms with Crippen molar-refractivity contribution in [1.29, 1.82) is 0 Å². The first-order valence-electron chi connectivity index (χ1n) is 6.29. The Bertz CT molecular complexity index is 735. The van der Waals surface area contributed by atoms with Crippen LogP contribution in [0.1, 0.15) is 29.4 Å². The highest BCUT2D eigenvalue weighted by molar-refractivity contribution is 5.75. The summed E-state index contributed by atoms with van der Waals surface area (Å²) in [7, 11) is 0. The maximum atomic E-state index is 11.7. The molecule has 0 aliphatic carbocycles. The number of nitrogens with two attached hydrogens (primary N) is 1. The number of benzene rings is 1. The van der Waals surface area contributed by atoms with Gasteiger partial charge in [0.1, 0.15) is 11.5 Å². The van der Waals surface area contributed by atoms with Gasteiger partial charge in [-0.1, -0.05) is 12.1 Å². The monoisotopic (exact) mass is 289 g/mol. The van der Waals surface area contributed by atoms with Crippen LogP contribution in [0.25, 0.3) is 0 Å². The molecule has 6 heteroatoms. The average Bonchev–Trinajstić information content (AvgIpc) is 2.40. The van der Waals surface area contributed by atoms with Gasteiger partial charge >= 0.3 is 0 Å². The molecule has 0 saturated heterocycles. The highest BCUT2D eigenvalue weighted by atomic mass is 16.4. The summed E-state index contributed by atoms with van der Waals surface area (Å²) >= 11 is 0. The van der Waals surface area contributed by atoms with Crippen LogP contribution in [0, 0.1) is 6.92 Å². The van der Waals surface area contributed by atoms with Crippen molar-refractivity contribution in [1.82, 2.24) is 0 Å². The molecule has 0 fully saturated rings. The molecule has 0 aliphatic rings. The predicted molar refractivity (Wildman–Crippen MR) is 75.1 cm³/mol. The first-order valence-corrected chi connectivity index (χ1v) is 6.29. The third kappa shape index (κ3) is 3.22. The molecule has 1 aromatic heterocycles. The molecule has 4 N–H and O–H groups in total. The lowest BCUT2D eigenvalue weighted by atomic mass is 9.92. The number of aromatic hydroxyl groups is 2. The topological polar surface area (TPSA) is 114 Å². The molecule has 110 valence electrons. The molecule has 6 nitrogen and oxygen atoms in total. The Labute approximate surface area is 120 Å². The summed E-state index contributed by atoms with van der Waals surface area (Å²) in [4.78, 5) is 23.0. The minimum Gasteiger partial charge on any atom is -0.508 e. The summed E-state index contributed by atoms with van der Waals surface area (Å²) in [5, 5.41) is 19.5. The molecule has 1 aromatic carbocycles. The molecule has 1 amide bonds. The van der Waals surface area contributed by atoms with Gasteiger partial charge < -0.3 is 20.4 Å². The van der Waals surface area contributed by atoms with Crippen molar-refractivity contribution in [2.75, 3.05) is 0 Å². The highest BCUT2D eigenvalue weighted by Crippen LogP contribution is 2.33. The van der Waals surface area contributed by atoms with E-state index in [4.69, 9.17) is 10.2 Å². The van der Waals surface area contributed by atoms with Gasteiger partial charge in [0.2, 0.25) is 17.1 Å². The van der Waals surface area contributed by atoms with Gasteiger partial charge in [-0.3, -0.25) is 9.59 Å². The van der Waals surface area contributed by atoms with Gasteiger partial charge in [-0.05, 0) is 24.6 Å². The Morgan fingerprint density at radius 2 is 2.05 bits per heavy atom. The summed E-state index contributed by atoms with van der Waals surface area (Å²) in [6.07, 6.45) is -0.163. The zero-order valence-electron chi connectivity index (χ0n) is 11.4. The summed E-state index contributed by atoms with van der Waals surface area (Å²) in [5.41, 5.74) is 5.15. The van der Waals surface area contributed by atoms with E-state index in [-0.39, 0.29) is 17.9 Å². The normalized spacial score (nSPS) is 12.0. The van der Waals surface area contributed by atoms with Crippen LogP contribution in [0.5, 0.6) is 11.5 Å². The quantitative estimate of drug-likeness (QED) is 0.786. The second-order valence-electron chi connectivity index (χ2n) is 4.75. The summed E-state index contributed by atoms with van der Waals surface area (Å²) in [5.74, 6) is -1.66. The maximum Gasteiger partial charge on any atom is 0.227 e. The molecule has 0 radical (unpaired) electrons. The number of primary amides is 1. The number of hydrogen-bond acceptors (Lipinski definition) is 5. The van der Waals surface area contributed by atoms with Gasteiger partial charge in [-0.2, -0.15) is 0 Å². The zero-order valence-corrected chi connectivity index (χ0v) is 11.4. The number of carbonyl (C=O) groups excluding carboxylic acids is 1. The second-order valence-corrected chi connectivity index (χ2v) is 4.75. The Kier molecular flexibility index (Phi) is 3.98. The van der Waals surface area contributed by atoms with E-state index in [2.05, 4.69) is 0 Å². The molecule has 1 unspecified atom stereocenters. The minimum atomic E-state index is -0.748. The number of hydrogen-bond donors (Lipinski definition) is 3. The lowest BCUT2D eigenvalue weighted by Gasteiger charge is -2.16. The van der Waals surface area contributed by atoms with E-state index < -0.39 is 23.0 Å². The van der Waals surface area contributed by atoms with Crippen molar-refractivity contribution >= 4 is 5.91 Å². The molecular formula is C15H15NO5. The van der Waals surface area contributed by atoms with Gasteiger partial charge in [0, 0.05) is 12.5 Å². The van der Waals surface area contributed by atoms with Crippen LogP contribution in [0.2, 0.25) is 0 Å². The van der Waals surface area contributed by atoms with Crippen molar-refractivity contribution < 1.29 is 19.4 Å². The van der Waals surface area contributed by atoms with E-state index >= 15 is 0 Å². The van der Waals surface area contributed by atoms with Gasteiger partial charge in [-0.25, -0.2) is 0 Å². The van der Waals surface area contributed by atoms with E-state index in [1.807, 2.05) is 0 Å². The van der Waals surface area contributed by atoms with Crippen LogP contribution in [0.3, 0.4) is 0 Å². The minimum absolute atomic E-state index is 0.00328. The third-order valence-corrected chi connectivity index (χ3v) is 3.07. The van der Waals surface area contributed by atoms with Crippen molar-refractivity contribution in [2.24, 2.45) is 5.73 Å². The van der Waals surface area contributed by atoms with E-state index in [0.717, 1.165) is 6.07 Å². The summed E-state index contributed by atoms with van der Waals surface area (Å²) in [6.45, 7) is 1.56. The van der Waals surface area contributed by atoms with Crippen molar-refractivity contribution in [3.63, 3.8) is 0 Å². The molecule has 2 rings (SSSR count). The standard InChI is InChI=1S/C15H15NO5/c1-8-5-12(18)14(20)15(21-8)11(7-13(16)19)9-3-2-4-10(17)6-9/h2-6,11,17,20H,7H2,1H3,(H2,16,19). The molecule has 1 atom stereocenters. The Morgan fingerprint density at radius 3 is 2.67 bits per heavy atom. The van der Waals surface area contributed by atoms with Crippen molar-refractivity contribution in [3.8, 4) is 11.5 Å². The first-order chi connectivity index (χ1) is 9.88. The Morgan fingerprint density at radius 1 is 1.33 bits per heavy atom. The lowest BCUT2D eigenvalue weighted by Crippen LogP contribution is -2.17. The Balaban J connectivity index is 2.61. The van der Waals surface area contributed by atoms with Gasteiger partial charge in [0.25, 0.3) is 0 Å². The molecule has 0 spiro atoms. The molecule has 2 aromatic rings. The van der Waals surface area contributed by atoms with Gasteiger partial charge in [0.05, 0.1) is 5.92 Å². The molecule has 1 heterocycles. The fourth-order valence-corrected chi connectivity index (χ4v) is 2.17.